The Morgan fingerprint density at radius 2 is 2.12 bits per heavy atom. The number of rotatable bonds is 1. The number of H-pyrrole nitrogens is 1. The first kappa shape index (κ1) is 9.34. The van der Waals surface area contributed by atoms with Gasteiger partial charge in [0, 0.05) is 13.1 Å². The molecule has 0 unspecified atom stereocenters. The summed E-state index contributed by atoms with van der Waals surface area (Å²) in [7, 11) is 0. The van der Waals surface area contributed by atoms with Gasteiger partial charge in [0.05, 0.1) is 24.8 Å². The van der Waals surface area contributed by atoms with Crippen LogP contribution in [-0.2, 0) is 4.74 Å². The van der Waals surface area contributed by atoms with Gasteiger partial charge in [-0.25, -0.2) is 0 Å². The van der Waals surface area contributed by atoms with Crippen molar-refractivity contribution in [2.24, 2.45) is 0 Å². The summed E-state index contributed by atoms with van der Waals surface area (Å²) in [5.74, 6) is 1.10. The van der Waals surface area contributed by atoms with E-state index in [9.17, 15) is 0 Å². The molecule has 0 saturated carbocycles. The summed E-state index contributed by atoms with van der Waals surface area (Å²) in [4.78, 5) is 10.7. The predicted octanol–water partition coefficient (Wildman–Crippen LogP) is -0.228. The SMILES string of the molecule is Nc1nc(N2CCOCC2)nc2[nH]ncc12. The minimum absolute atomic E-state index is 0.459. The van der Waals surface area contributed by atoms with Gasteiger partial charge in [0.25, 0.3) is 0 Å². The Kier molecular flexibility index (Phi) is 2.10. The molecule has 84 valence electrons. The van der Waals surface area contributed by atoms with Crippen LogP contribution >= 0.6 is 0 Å². The van der Waals surface area contributed by atoms with Crippen LogP contribution in [0.1, 0.15) is 0 Å². The van der Waals surface area contributed by atoms with Crippen LogP contribution in [0.2, 0.25) is 0 Å². The smallest absolute Gasteiger partial charge is 0.229 e. The number of aromatic nitrogens is 4. The van der Waals surface area contributed by atoms with Crippen molar-refractivity contribution in [3.05, 3.63) is 6.20 Å². The third kappa shape index (κ3) is 1.45. The molecule has 16 heavy (non-hydrogen) atoms. The molecule has 1 saturated heterocycles. The molecule has 0 aliphatic carbocycles. The fourth-order valence-electron chi connectivity index (χ4n) is 1.75. The highest BCUT2D eigenvalue weighted by Crippen LogP contribution is 2.19. The van der Waals surface area contributed by atoms with E-state index in [2.05, 4.69) is 25.1 Å². The lowest BCUT2D eigenvalue weighted by Crippen LogP contribution is -2.37. The van der Waals surface area contributed by atoms with Crippen molar-refractivity contribution in [2.75, 3.05) is 36.9 Å². The van der Waals surface area contributed by atoms with Gasteiger partial charge in [-0.3, -0.25) is 5.10 Å². The van der Waals surface area contributed by atoms with E-state index in [0.717, 1.165) is 18.5 Å². The van der Waals surface area contributed by atoms with Crippen molar-refractivity contribution >= 4 is 22.8 Å². The molecule has 1 aliphatic heterocycles. The number of nitrogens with one attached hydrogen (secondary N) is 1. The van der Waals surface area contributed by atoms with Gasteiger partial charge in [-0.2, -0.15) is 15.1 Å². The van der Waals surface area contributed by atoms with E-state index in [1.54, 1.807) is 6.20 Å². The fourth-order valence-corrected chi connectivity index (χ4v) is 1.75. The third-order valence-corrected chi connectivity index (χ3v) is 2.62. The molecule has 1 fully saturated rings. The lowest BCUT2D eigenvalue weighted by atomic mass is 10.4. The Bertz CT molecular complexity index is 504. The Balaban J connectivity index is 2.02. The molecule has 2 aromatic heterocycles. The zero-order chi connectivity index (χ0) is 11.0. The van der Waals surface area contributed by atoms with Gasteiger partial charge in [-0.15, -0.1) is 0 Å². The normalized spacial score (nSPS) is 16.9. The second-order valence-electron chi connectivity index (χ2n) is 3.64. The number of morpholine rings is 1. The minimum Gasteiger partial charge on any atom is -0.383 e. The van der Waals surface area contributed by atoms with Gasteiger partial charge in [0.15, 0.2) is 5.65 Å². The number of hydrogen-bond donors (Lipinski definition) is 2. The van der Waals surface area contributed by atoms with Crippen LogP contribution in [0.4, 0.5) is 11.8 Å². The Hall–Kier alpha value is -1.89. The first-order valence-electron chi connectivity index (χ1n) is 5.14. The van der Waals surface area contributed by atoms with E-state index in [1.165, 1.54) is 0 Å². The maximum absolute atomic E-state index is 5.84. The Morgan fingerprint density at radius 1 is 1.31 bits per heavy atom. The van der Waals surface area contributed by atoms with Crippen molar-refractivity contribution in [2.45, 2.75) is 0 Å². The number of fused-ring (bicyclic) bond motifs is 1. The van der Waals surface area contributed by atoms with Crippen molar-refractivity contribution < 1.29 is 4.74 Å². The van der Waals surface area contributed by atoms with Crippen molar-refractivity contribution in [1.29, 1.82) is 0 Å². The molecular weight excluding hydrogens is 208 g/mol. The number of nitrogens with two attached hydrogens (primary N) is 1. The van der Waals surface area contributed by atoms with Crippen molar-refractivity contribution in [1.82, 2.24) is 20.2 Å². The number of aromatic amines is 1. The fraction of sp³-hybridized carbons (Fsp3) is 0.444. The topological polar surface area (TPSA) is 93.0 Å². The number of nitrogen functional groups attached to an aromatic ring is 1. The molecular formula is C9H12N6O. The van der Waals surface area contributed by atoms with Gasteiger partial charge in [-0.1, -0.05) is 0 Å². The average molecular weight is 220 g/mol. The standard InChI is InChI=1S/C9H12N6O/c10-7-6-5-11-14-8(6)13-9(12-7)15-1-3-16-4-2-15/h5H,1-4H2,(H3,10,11,12,13,14). The second kappa shape index (κ2) is 3.60. The first-order valence-corrected chi connectivity index (χ1v) is 5.14. The maximum atomic E-state index is 5.84. The van der Waals surface area contributed by atoms with E-state index in [4.69, 9.17) is 10.5 Å². The highest BCUT2D eigenvalue weighted by atomic mass is 16.5. The molecule has 0 radical (unpaired) electrons. The van der Waals surface area contributed by atoms with Gasteiger partial charge < -0.3 is 15.4 Å². The van der Waals surface area contributed by atoms with E-state index in [1.807, 2.05) is 0 Å². The van der Waals surface area contributed by atoms with Gasteiger partial charge in [0.1, 0.15) is 5.82 Å². The van der Waals surface area contributed by atoms with Gasteiger partial charge in [0.2, 0.25) is 5.95 Å². The summed E-state index contributed by atoms with van der Waals surface area (Å²) >= 11 is 0. The Labute approximate surface area is 91.6 Å². The molecule has 3 heterocycles. The summed E-state index contributed by atoms with van der Waals surface area (Å²) < 4.78 is 5.28. The van der Waals surface area contributed by atoms with Gasteiger partial charge in [-0.05, 0) is 0 Å². The van der Waals surface area contributed by atoms with Crippen LogP contribution in [-0.4, -0.2) is 46.5 Å². The molecule has 0 amide bonds. The summed E-state index contributed by atoms with van der Waals surface area (Å²) in [6.07, 6.45) is 1.63. The van der Waals surface area contributed by atoms with E-state index in [0.29, 0.717) is 30.6 Å². The average Bonchev–Trinajstić information content (AvgIpc) is 2.79. The minimum atomic E-state index is 0.459. The molecule has 3 N–H and O–H groups in total. The van der Waals surface area contributed by atoms with Crippen molar-refractivity contribution in [3.8, 4) is 0 Å². The van der Waals surface area contributed by atoms with Crippen LogP contribution in [0, 0.1) is 0 Å². The first-order chi connectivity index (χ1) is 7.84. The van der Waals surface area contributed by atoms with E-state index >= 15 is 0 Å². The van der Waals surface area contributed by atoms with Crippen molar-refractivity contribution in [3.63, 3.8) is 0 Å². The summed E-state index contributed by atoms with van der Waals surface area (Å²) in [5.41, 5.74) is 6.51. The zero-order valence-corrected chi connectivity index (χ0v) is 8.68. The summed E-state index contributed by atoms with van der Waals surface area (Å²) in [5, 5.41) is 7.46. The molecule has 0 aromatic carbocycles. The quantitative estimate of drug-likeness (QED) is 0.689. The molecule has 7 heteroatoms. The van der Waals surface area contributed by atoms with Gasteiger partial charge >= 0.3 is 0 Å². The van der Waals surface area contributed by atoms with Crippen LogP contribution in [0.25, 0.3) is 11.0 Å². The molecule has 3 rings (SSSR count). The van der Waals surface area contributed by atoms with E-state index in [-0.39, 0.29) is 0 Å². The molecule has 0 atom stereocenters. The molecule has 0 spiro atoms. The molecule has 7 nitrogen and oxygen atoms in total. The monoisotopic (exact) mass is 220 g/mol. The number of nitrogens with zero attached hydrogens (tertiary/aromatic N) is 4. The lowest BCUT2D eigenvalue weighted by Gasteiger charge is -2.26. The maximum Gasteiger partial charge on any atom is 0.229 e. The van der Waals surface area contributed by atoms with Crippen LogP contribution in [0.3, 0.4) is 0 Å². The highest BCUT2D eigenvalue weighted by Gasteiger charge is 2.16. The second-order valence-corrected chi connectivity index (χ2v) is 3.64. The Morgan fingerprint density at radius 3 is 2.94 bits per heavy atom. The molecule has 2 aromatic rings. The summed E-state index contributed by atoms with van der Waals surface area (Å²) in [6, 6.07) is 0. The lowest BCUT2D eigenvalue weighted by molar-refractivity contribution is 0.122. The summed E-state index contributed by atoms with van der Waals surface area (Å²) in [6.45, 7) is 2.98. The van der Waals surface area contributed by atoms with Crippen LogP contribution < -0.4 is 10.6 Å². The predicted molar refractivity (Wildman–Crippen MR) is 59.1 cm³/mol. The largest absolute Gasteiger partial charge is 0.383 e. The highest BCUT2D eigenvalue weighted by molar-refractivity contribution is 5.85. The number of anilines is 2. The van der Waals surface area contributed by atoms with Crippen LogP contribution in [0.15, 0.2) is 6.20 Å². The number of ether oxygens (including phenoxy) is 1. The number of hydrogen-bond acceptors (Lipinski definition) is 6. The molecule has 0 bridgehead atoms. The zero-order valence-electron chi connectivity index (χ0n) is 8.68. The third-order valence-electron chi connectivity index (χ3n) is 2.62. The van der Waals surface area contributed by atoms with E-state index < -0.39 is 0 Å². The molecule has 1 aliphatic rings. The van der Waals surface area contributed by atoms with Crippen LogP contribution in [0.5, 0.6) is 0 Å².